The average molecular weight is 334 g/mol. The molecule has 0 radical (unpaired) electrons. The van der Waals surface area contributed by atoms with E-state index in [1.807, 2.05) is 12.1 Å². The van der Waals surface area contributed by atoms with Gasteiger partial charge in [-0.05, 0) is 49.9 Å². The molecule has 2 rings (SSSR count). The standard InChI is InChI=1S/C19H31N3O2/c1-15(2)4-5-16(3)20-19(24)14-21-10-12-22(13-11-21)17-6-8-18(23)9-7-17/h6-9,15-16,23H,4-5,10-14H2,1-3H3,(H,20,24)/p+1/t16-/m0/s1. The average Bonchev–Trinajstić information content (AvgIpc) is 2.54. The van der Waals surface area contributed by atoms with E-state index in [2.05, 4.69) is 31.0 Å². The Labute approximate surface area is 145 Å². The Kier molecular flexibility index (Phi) is 6.91. The number of benzene rings is 1. The molecule has 0 spiro atoms. The monoisotopic (exact) mass is 334 g/mol. The van der Waals surface area contributed by atoms with Crippen molar-refractivity contribution in [2.24, 2.45) is 5.92 Å². The zero-order valence-corrected chi connectivity index (χ0v) is 15.2. The van der Waals surface area contributed by atoms with E-state index in [0.29, 0.717) is 18.2 Å². The number of rotatable bonds is 7. The van der Waals surface area contributed by atoms with Gasteiger partial charge >= 0.3 is 0 Å². The van der Waals surface area contributed by atoms with Crippen molar-refractivity contribution >= 4 is 11.6 Å². The van der Waals surface area contributed by atoms with Crippen LogP contribution in [0.2, 0.25) is 0 Å². The van der Waals surface area contributed by atoms with Crippen LogP contribution in [0.25, 0.3) is 0 Å². The number of anilines is 1. The molecule has 1 heterocycles. The van der Waals surface area contributed by atoms with Crippen LogP contribution in [0.1, 0.15) is 33.6 Å². The van der Waals surface area contributed by atoms with E-state index in [1.54, 1.807) is 12.1 Å². The maximum absolute atomic E-state index is 12.2. The molecule has 1 aliphatic rings. The molecule has 0 aromatic heterocycles. The summed E-state index contributed by atoms with van der Waals surface area (Å²) in [5.74, 6) is 1.15. The zero-order valence-electron chi connectivity index (χ0n) is 15.2. The summed E-state index contributed by atoms with van der Waals surface area (Å²) in [5.41, 5.74) is 1.14. The molecule has 0 bridgehead atoms. The number of carbonyl (C=O) groups is 1. The van der Waals surface area contributed by atoms with Crippen molar-refractivity contribution < 1.29 is 14.8 Å². The van der Waals surface area contributed by atoms with Gasteiger partial charge in [0.15, 0.2) is 6.54 Å². The van der Waals surface area contributed by atoms with E-state index < -0.39 is 0 Å². The molecule has 1 aromatic carbocycles. The Morgan fingerprint density at radius 1 is 1.17 bits per heavy atom. The van der Waals surface area contributed by atoms with Gasteiger partial charge < -0.3 is 20.2 Å². The summed E-state index contributed by atoms with van der Waals surface area (Å²) in [6.07, 6.45) is 2.20. The lowest BCUT2D eigenvalue weighted by Gasteiger charge is -2.33. The van der Waals surface area contributed by atoms with E-state index in [9.17, 15) is 9.90 Å². The van der Waals surface area contributed by atoms with Gasteiger partial charge in [0.1, 0.15) is 5.75 Å². The highest BCUT2D eigenvalue weighted by Crippen LogP contribution is 2.18. The highest BCUT2D eigenvalue weighted by Gasteiger charge is 2.22. The number of quaternary nitrogens is 1. The third-order valence-electron chi connectivity index (χ3n) is 4.68. The minimum absolute atomic E-state index is 0.166. The molecule has 3 N–H and O–H groups in total. The molecule has 0 aliphatic carbocycles. The summed E-state index contributed by atoms with van der Waals surface area (Å²) in [6, 6.07) is 7.60. The molecule has 0 saturated carbocycles. The molecule has 1 saturated heterocycles. The number of phenols is 1. The summed E-state index contributed by atoms with van der Waals surface area (Å²) in [7, 11) is 0. The zero-order chi connectivity index (χ0) is 17.5. The summed E-state index contributed by atoms with van der Waals surface area (Å²) in [6.45, 7) is 10.9. The fourth-order valence-electron chi connectivity index (χ4n) is 3.13. The van der Waals surface area contributed by atoms with Crippen LogP contribution in [-0.2, 0) is 4.79 Å². The first-order valence-electron chi connectivity index (χ1n) is 9.11. The van der Waals surface area contributed by atoms with Gasteiger partial charge in [-0.25, -0.2) is 0 Å². The number of hydrogen-bond acceptors (Lipinski definition) is 3. The topological polar surface area (TPSA) is 57.0 Å². The number of nitrogens with one attached hydrogen (secondary N) is 2. The predicted octanol–water partition coefficient (Wildman–Crippen LogP) is 1.04. The van der Waals surface area contributed by atoms with Gasteiger partial charge in [0, 0.05) is 11.7 Å². The lowest BCUT2D eigenvalue weighted by molar-refractivity contribution is -0.892. The third kappa shape index (κ3) is 6.04. The second-order valence-electron chi connectivity index (χ2n) is 7.37. The summed E-state index contributed by atoms with van der Waals surface area (Å²) in [5, 5.41) is 12.5. The van der Waals surface area contributed by atoms with Crippen LogP contribution in [0, 0.1) is 5.92 Å². The van der Waals surface area contributed by atoms with Crippen molar-refractivity contribution in [2.75, 3.05) is 37.6 Å². The van der Waals surface area contributed by atoms with Gasteiger partial charge in [-0.2, -0.15) is 0 Å². The van der Waals surface area contributed by atoms with Gasteiger partial charge in [0.2, 0.25) is 0 Å². The van der Waals surface area contributed by atoms with Crippen molar-refractivity contribution in [1.29, 1.82) is 0 Å². The van der Waals surface area contributed by atoms with Crippen LogP contribution in [0.3, 0.4) is 0 Å². The maximum Gasteiger partial charge on any atom is 0.275 e. The number of piperazine rings is 1. The van der Waals surface area contributed by atoms with Crippen molar-refractivity contribution in [3.8, 4) is 5.75 Å². The molecule has 134 valence electrons. The minimum Gasteiger partial charge on any atom is -0.508 e. The van der Waals surface area contributed by atoms with Crippen LogP contribution in [-0.4, -0.2) is 49.8 Å². The minimum atomic E-state index is 0.166. The summed E-state index contributed by atoms with van der Waals surface area (Å²) in [4.78, 5) is 15.8. The Hall–Kier alpha value is -1.75. The molecule has 1 aromatic rings. The van der Waals surface area contributed by atoms with Gasteiger partial charge in [-0.3, -0.25) is 4.79 Å². The molecule has 5 heteroatoms. The molecular formula is C19H32N3O2+. The van der Waals surface area contributed by atoms with Gasteiger partial charge in [0.05, 0.1) is 26.2 Å². The van der Waals surface area contributed by atoms with E-state index in [4.69, 9.17) is 0 Å². The molecule has 1 amide bonds. The number of carbonyl (C=O) groups excluding carboxylic acids is 1. The Morgan fingerprint density at radius 3 is 2.38 bits per heavy atom. The summed E-state index contributed by atoms with van der Waals surface area (Å²) >= 11 is 0. The number of hydrogen-bond donors (Lipinski definition) is 3. The molecule has 1 aliphatic heterocycles. The molecule has 1 fully saturated rings. The fourth-order valence-corrected chi connectivity index (χ4v) is 3.13. The second-order valence-corrected chi connectivity index (χ2v) is 7.37. The van der Waals surface area contributed by atoms with E-state index >= 15 is 0 Å². The third-order valence-corrected chi connectivity index (χ3v) is 4.68. The van der Waals surface area contributed by atoms with Crippen LogP contribution in [0.15, 0.2) is 24.3 Å². The van der Waals surface area contributed by atoms with Crippen molar-refractivity contribution in [3.05, 3.63) is 24.3 Å². The number of phenolic OH excluding ortho intramolecular Hbond substituents is 1. The predicted molar refractivity (Wildman–Crippen MR) is 97.6 cm³/mol. The van der Waals surface area contributed by atoms with Gasteiger partial charge in [-0.15, -0.1) is 0 Å². The Morgan fingerprint density at radius 2 is 1.79 bits per heavy atom. The smallest absolute Gasteiger partial charge is 0.275 e. The lowest BCUT2D eigenvalue weighted by Crippen LogP contribution is -3.16. The van der Waals surface area contributed by atoms with Crippen molar-refractivity contribution in [1.82, 2.24) is 5.32 Å². The van der Waals surface area contributed by atoms with Crippen molar-refractivity contribution in [2.45, 2.75) is 39.7 Å². The first kappa shape index (κ1) is 18.6. The van der Waals surface area contributed by atoms with Gasteiger partial charge in [-0.1, -0.05) is 13.8 Å². The molecular weight excluding hydrogens is 302 g/mol. The molecule has 5 nitrogen and oxygen atoms in total. The Bertz CT molecular complexity index is 508. The molecule has 24 heavy (non-hydrogen) atoms. The fraction of sp³-hybridized carbons (Fsp3) is 0.632. The Balaban J connectivity index is 1.70. The normalized spacial score (nSPS) is 17.1. The molecule has 0 unspecified atom stereocenters. The maximum atomic E-state index is 12.2. The quantitative estimate of drug-likeness (QED) is 0.698. The summed E-state index contributed by atoms with van der Waals surface area (Å²) < 4.78 is 0. The van der Waals surface area contributed by atoms with Crippen LogP contribution in [0.5, 0.6) is 5.75 Å². The highest BCUT2D eigenvalue weighted by atomic mass is 16.3. The van der Waals surface area contributed by atoms with E-state index in [1.165, 1.54) is 4.90 Å². The SMILES string of the molecule is CC(C)CC[C@H](C)NC(=O)C[NH+]1CCN(c2ccc(O)cc2)CC1. The number of aromatic hydroxyl groups is 1. The lowest BCUT2D eigenvalue weighted by atomic mass is 10.0. The van der Waals surface area contributed by atoms with E-state index in [0.717, 1.165) is 44.7 Å². The van der Waals surface area contributed by atoms with E-state index in [-0.39, 0.29) is 11.9 Å². The first-order valence-corrected chi connectivity index (χ1v) is 9.11. The van der Waals surface area contributed by atoms with Crippen LogP contribution >= 0.6 is 0 Å². The van der Waals surface area contributed by atoms with Crippen LogP contribution in [0.4, 0.5) is 5.69 Å². The van der Waals surface area contributed by atoms with Gasteiger partial charge in [0.25, 0.3) is 5.91 Å². The largest absolute Gasteiger partial charge is 0.508 e. The second kappa shape index (κ2) is 8.92. The highest BCUT2D eigenvalue weighted by molar-refractivity contribution is 5.77. The van der Waals surface area contributed by atoms with Crippen molar-refractivity contribution in [3.63, 3.8) is 0 Å². The first-order chi connectivity index (χ1) is 11.4. The number of nitrogens with zero attached hydrogens (tertiary/aromatic N) is 1. The number of amides is 1. The van der Waals surface area contributed by atoms with Crippen LogP contribution < -0.4 is 15.1 Å². The molecule has 1 atom stereocenters.